The fraction of sp³-hybridized carbons (Fsp3) is 0.263. The van der Waals surface area contributed by atoms with Crippen molar-refractivity contribution in [3.63, 3.8) is 0 Å². The monoisotopic (exact) mass is 350 g/mol. The molecular formula is C19H22N6O. The van der Waals surface area contributed by atoms with Gasteiger partial charge in [-0.25, -0.2) is 9.97 Å². The van der Waals surface area contributed by atoms with Crippen molar-refractivity contribution in [2.24, 2.45) is 0 Å². The Hall–Kier alpha value is -3.22. The van der Waals surface area contributed by atoms with Crippen LogP contribution < -0.4 is 10.2 Å². The van der Waals surface area contributed by atoms with Gasteiger partial charge in [-0.15, -0.1) is 0 Å². The number of carbonyl (C=O) groups is 1. The van der Waals surface area contributed by atoms with Crippen molar-refractivity contribution < 1.29 is 4.79 Å². The van der Waals surface area contributed by atoms with E-state index in [2.05, 4.69) is 20.4 Å². The van der Waals surface area contributed by atoms with E-state index in [-0.39, 0.29) is 5.91 Å². The summed E-state index contributed by atoms with van der Waals surface area (Å²) in [5.41, 5.74) is 4.25. The Kier molecular flexibility index (Phi) is 4.97. The van der Waals surface area contributed by atoms with Gasteiger partial charge in [-0.05, 0) is 37.6 Å². The van der Waals surface area contributed by atoms with Crippen LogP contribution in [-0.4, -0.2) is 39.8 Å². The van der Waals surface area contributed by atoms with E-state index in [4.69, 9.17) is 0 Å². The third-order valence-electron chi connectivity index (χ3n) is 3.99. The van der Waals surface area contributed by atoms with Crippen molar-refractivity contribution in [2.75, 3.05) is 24.3 Å². The number of nitrogens with zero attached hydrogens (tertiary/aromatic N) is 5. The van der Waals surface area contributed by atoms with E-state index in [9.17, 15) is 4.79 Å². The Morgan fingerprint density at radius 1 is 1.23 bits per heavy atom. The summed E-state index contributed by atoms with van der Waals surface area (Å²) in [6.45, 7) is 4.62. The zero-order valence-corrected chi connectivity index (χ0v) is 15.4. The van der Waals surface area contributed by atoms with Crippen molar-refractivity contribution in [1.82, 2.24) is 19.7 Å². The van der Waals surface area contributed by atoms with Gasteiger partial charge in [-0.2, -0.15) is 5.10 Å². The summed E-state index contributed by atoms with van der Waals surface area (Å²) in [6.07, 6.45) is 3.06. The van der Waals surface area contributed by atoms with E-state index in [0.29, 0.717) is 23.6 Å². The maximum atomic E-state index is 12.7. The summed E-state index contributed by atoms with van der Waals surface area (Å²) < 4.78 is 1.93. The average molecular weight is 350 g/mol. The molecule has 26 heavy (non-hydrogen) atoms. The number of nitrogens with one attached hydrogen (secondary N) is 1. The molecule has 134 valence electrons. The molecule has 0 spiro atoms. The lowest BCUT2D eigenvalue weighted by atomic mass is 10.1. The summed E-state index contributed by atoms with van der Waals surface area (Å²) >= 11 is 0. The van der Waals surface area contributed by atoms with Gasteiger partial charge in [0.2, 0.25) is 0 Å². The first-order chi connectivity index (χ1) is 12.4. The number of aromatic nitrogens is 4. The molecule has 0 bridgehead atoms. The smallest absolute Gasteiger partial charge is 0.255 e. The van der Waals surface area contributed by atoms with E-state index in [0.717, 1.165) is 17.0 Å². The molecule has 0 atom stereocenters. The molecule has 7 nitrogen and oxygen atoms in total. The van der Waals surface area contributed by atoms with Crippen LogP contribution >= 0.6 is 0 Å². The molecule has 0 saturated carbocycles. The fourth-order valence-electron chi connectivity index (χ4n) is 2.78. The highest BCUT2D eigenvalue weighted by Gasteiger charge is 2.12. The summed E-state index contributed by atoms with van der Waals surface area (Å²) in [5, 5.41) is 7.36. The zero-order valence-electron chi connectivity index (χ0n) is 15.4. The van der Waals surface area contributed by atoms with Gasteiger partial charge in [0.1, 0.15) is 12.0 Å². The normalized spacial score (nSPS) is 10.6. The van der Waals surface area contributed by atoms with Gasteiger partial charge >= 0.3 is 0 Å². The molecular weight excluding hydrogens is 328 g/mol. The van der Waals surface area contributed by atoms with E-state index >= 15 is 0 Å². The van der Waals surface area contributed by atoms with Crippen LogP contribution in [0.15, 0.2) is 42.9 Å². The second-order valence-corrected chi connectivity index (χ2v) is 6.39. The second-order valence-electron chi connectivity index (χ2n) is 6.39. The molecule has 2 heterocycles. The first-order valence-corrected chi connectivity index (χ1v) is 8.32. The predicted octanol–water partition coefficient (Wildman–Crippen LogP) is 2.66. The Labute approximate surface area is 152 Å². The predicted molar refractivity (Wildman–Crippen MR) is 102 cm³/mol. The number of benzene rings is 1. The van der Waals surface area contributed by atoms with Crippen LogP contribution in [0.5, 0.6) is 0 Å². The lowest BCUT2D eigenvalue weighted by Gasteiger charge is -2.15. The highest BCUT2D eigenvalue weighted by Crippen LogP contribution is 2.20. The SMILES string of the molecule is Cc1cc(C)n(Cc2cccc(C(=O)Nc3cncnc3N(C)C)c2)n1. The molecule has 0 aliphatic carbocycles. The molecule has 3 rings (SSSR count). The number of amides is 1. The third kappa shape index (κ3) is 3.88. The number of rotatable bonds is 5. The number of hydrogen-bond donors (Lipinski definition) is 1. The topological polar surface area (TPSA) is 75.9 Å². The molecule has 7 heteroatoms. The van der Waals surface area contributed by atoms with Crippen LogP contribution in [-0.2, 0) is 6.54 Å². The summed E-state index contributed by atoms with van der Waals surface area (Å²) in [6, 6.07) is 9.58. The van der Waals surface area contributed by atoms with Crippen LogP contribution in [0.2, 0.25) is 0 Å². The largest absolute Gasteiger partial charge is 0.361 e. The highest BCUT2D eigenvalue weighted by molar-refractivity contribution is 6.05. The van der Waals surface area contributed by atoms with Gasteiger partial charge in [-0.3, -0.25) is 9.48 Å². The first-order valence-electron chi connectivity index (χ1n) is 8.32. The number of carbonyl (C=O) groups excluding carboxylic acids is 1. The Balaban J connectivity index is 1.80. The van der Waals surface area contributed by atoms with Crippen molar-refractivity contribution in [2.45, 2.75) is 20.4 Å². The average Bonchev–Trinajstić information content (AvgIpc) is 2.92. The molecule has 0 saturated heterocycles. The van der Waals surface area contributed by atoms with Gasteiger partial charge in [0, 0.05) is 25.4 Å². The summed E-state index contributed by atoms with van der Waals surface area (Å²) in [5.74, 6) is 0.463. The maximum Gasteiger partial charge on any atom is 0.255 e. The molecule has 0 aliphatic heterocycles. The van der Waals surface area contributed by atoms with Gasteiger partial charge in [0.15, 0.2) is 5.82 Å². The Bertz CT molecular complexity index is 931. The van der Waals surface area contributed by atoms with Gasteiger partial charge in [0.05, 0.1) is 18.4 Å². The van der Waals surface area contributed by atoms with Crippen LogP contribution in [0.1, 0.15) is 27.3 Å². The molecule has 1 N–H and O–H groups in total. The Morgan fingerprint density at radius 2 is 2.04 bits per heavy atom. The van der Waals surface area contributed by atoms with Crippen LogP contribution in [0.3, 0.4) is 0 Å². The minimum absolute atomic E-state index is 0.196. The minimum atomic E-state index is -0.196. The number of hydrogen-bond acceptors (Lipinski definition) is 5. The molecule has 0 radical (unpaired) electrons. The van der Waals surface area contributed by atoms with Gasteiger partial charge < -0.3 is 10.2 Å². The molecule has 1 aromatic carbocycles. The van der Waals surface area contributed by atoms with E-state index in [1.165, 1.54) is 6.33 Å². The van der Waals surface area contributed by atoms with Crippen molar-refractivity contribution in [1.29, 1.82) is 0 Å². The van der Waals surface area contributed by atoms with Crippen LogP contribution in [0, 0.1) is 13.8 Å². The highest BCUT2D eigenvalue weighted by atomic mass is 16.1. The van der Waals surface area contributed by atoms with Crippen molar-refractivity contribution >= 4 is 17.4 Å². The number of aryl methyl sites for hydroxylation is 2. The standard InChI is InChI=1S/C19H22N6O/c1-13-8-14(2)25(23-13)11-15-6-5-7-16(9-15)19(26)22-17-10-20-12-21-18(17)24(3)4/h5-10,12H,11H2,1-4H3,(H,22,26). The lowest BCUT2D eigenvalue weighted by molar-refractivity contribution is 0.102. The zero-order chi connectivity index (χ0) is 18.7. The fourth-order valence-corrected chi connectivity index (χ4v) is 2.78. The van der Waals surface area contributed by atoms with E-state index < -0.39 is 0 Å². The van der Waals surface area contributed by atoms with Crippen molar-refractivity contribution in [3.05, 3.63) is 65.4 Å². The lowest BCUT2D eigenvalue weighted by Crippen LogP contribution is -2.18. The molecule has 0 fully saturated rings. The third-order valence-corrected chi connectivity index (χ3v) is 3.99. The molecule has 3 aromatic rings. The number of anilines is 2. The summed E-state index contributed by atoms with van der Waals surface area (Å²) in [7, 11) is 3.74. The second kappa shape index (κ2) is 7.35. The quantitative estimate of drug-likeness (QED) is 0.765. The molecule has 1 amide bonds. The molecule has 0 unspecified atom stereocenters. The first kappa shape index (κ1) is 17.6. The molecule has 0 aliphatic rings. The minimum Gasteiger partial charge on any atom is -0.361 e. The van der Waals surface area contributed by atoms with E-state index in [1.54, 1.807) is 12.3 Å². The van der Waals surface area contributed by atoms with Crippen molar-refractivity contribution in [3.8, 4) is 0 Å². The van der Waals surface area contributed by atoms with E-state index in [1.807, 2.05) is 61.8 Å². The molecule has 2 aromatic heterocycles. The Morgan fingerprint density at radius 3 is 2.73 bits per heavy atom. The van der Waals surface area contributed by atoms with Gasteiger partial charge in [0.25, 0.3) is 5.91 Å². The van der Waals surface area contributed by atoms with Crippen LogP contribution in [0.4, 0.5) is 11.5 Å². The maximum absolute atomic E-state index is 12.7. The summed E-state index contributed by atoms with van der Waals surface area (Å²) in [4.78, 5) is 22.7. The van der Waals surface area contributed by atoms with Gasteiger partial charge in [-0.1, -0.05) is 12.1 Å². The van der Waals surface area contributed by atoms with Crippen LogP contribution in [0.25, 0.3) is 0 Å².